The number of nitrogens with one attached hydrogen (secondary N) is 1. The van der Waals surface area contributed by atoms with Crippen LogP contribution in [-0.4, -0.2) is 157 Å². The lowest BCUT2D eigenvalue weighted by atomic mass is 9.90. The van der Waals surface area contributed by atoms with E-state index in [0.717, 1.165) is 152 Å². The molecular formula is C78H109BrN12O4Si2. The highest BCUT2D eigenvalue weighted by molar-refractivity contribution is 9.10. The van der Waals surface area contributed by atoms with Crippen LogP contribution in [0.4, 0.5) is 5.69 Å². The molecule has 4 aromatic heterocycles. The van der Waals surface area contributed by atoms with E-state index in [1.807, 2.05) is 30.6 Å². The van der Waals surface area contributed by atoms with E-state index in [2.05, 4.69) is 213 Å². The lowest BCUT2D eigenvalue weighted by Crippen LogP contribution is -2.52. The fraction of sp³-hybridized carbons (Fsp3) is 0.538. The van der Waals surface area contributed by atoms with E-state index >= 15 is 0 Å². The minimum atomic E-state index is -1.23. The number of methoxy groups -OCH3 is 2. The van der Waals surface area contributed by atoms with Gasteiger partial charge in [-0.25, -0.2) is 9.97 Å². The molecule has 0 spiro atoms. The molecular weight excluding hydrogens is 1310 g/mol. The topological polar surface area (TPSA) is 127 Å². The van der Waals surface area contributed by atoms with Crippen LogP contribution in [0, 0.1) is 13.8 Å². The van der Waals surface area contributed by atoms with Gasteiger partial charge in [0.05, 0.1) is 77.5 Å². The molecule has 0 amide bonds. The van der Waals surface area contributed by atoms with Crippen LogP contribution >= 0.6 is 15.9 Å². The van der Waals surface area contributed by atoms with Crippen molar-refractivity contribution >= 4 is 59.8 Å². The van der Waals surface area contributed by atoms with Crippen molar-refractivity contribution in [2.75, 3.05) is 72.6 Å². The maximum Gasteiger partial charge on any atom is 0.129 e. The van der Waals surface area contributed by atoms with E-state index in [1.54, 1.807) is 14.2 Å². The predicted molar refractivity (Wildman–Crippen MR) is 403 cm³/mol. The number of anilines is 1. The molecule has 4 aromatic carbocycles. The van der Waals surface area contributed by atoms with Crippen LogP contribution in [0.3, 0.4) is 0 Å². The molecule has 16 nitrogen and oxygen atoms in total. The van der Waals surface area contributed by atoms with Gasteiger partial charge in [0, 0.05) is 110 Å². The first-order valence-electron chi connectivity index (χ1n) is 36.1. The average molecular weight is 1410 g/mol. The second kappa shape index (κ2) is 31.8. The summed E-state index contributed by atoms with van der Waals surface area (Å²) in [5.41, 5.74) is 13.1. The lowest BCUT2D eigenvalue weighted by molar-refractivity contribution is 0.0497. The second-order valence-corrected chi connectivity index (χ2v) is 43.1. The third-order valence-corrected chi connectivity index (χ3v) is 25.2. The number of piperidine rings is 2. The highest BCUT2D eigenvalue weighted by atomic mass is 79.9. The Hall–Kier alpha value is -5.85. The SMILES string of the molecule is CN1CC2CCC(C1)N2.COc1ccc(CN2[C@@H](c3nc4cccc(Br)c4n3COCC[Si](C)(C)C)CCC[C@H]2c2ncccc2C)cc1.COc1ccc(CN2[C@@H](c3nc4cccc(N5C6CCC5CN(C)C6)c4n3COCC[Si](C)(C)C)CCC[C@H]2c2ncccc2C)cc1. The van der Waals surface area contributed by atoms with Crippen molar-refractivity contribution in [2.24, 2.45) is 0 Å². The fourth-order valence-corrected chi connectivity index (χ4v) is 18.3. The number of likely N-dealkylation sites (tertiary alicyclic amines) is 4. The molecule has 6 saturated heterocycles. The van der Waals surface area contributed by atoms with E-state index in [9.17, 15) is 0 Å². The Bertz CT molecular complexity index is 3850. The average Bonchev–Trinajstić information content (AvgIpc) is 1.61. The highest BCUT2D eigenvalue weighted by Crippen LogP contribution is 2.47. The van der Waals surface area contributed by atoms with Gasteiger partial charge in [-0.05, 0) is 203 Å². The van der Waals surface area contributed by atoms with Gasteiger partial charge in [-0.3, -0.25) is 19.8 Å². The van der Waals surface area contributed by atoms with Crippen molar-refractivity contribution in [3.63, 3.8) is 0 Å². The maximum absolute atomic E-state index is 6.62. The quantitative estimate of drug-likeness (QED) is 0.0542. The molecule has 10 heterocycles. The van der Waals surface area contributed by atoms with E-state index in [-0.39, 0.29) is 24.2 Å². The van der Waals surface area contributed by atoms with Crippen molar-refractivity contribution in [3.05, 3.63) is 171 Å². The Morgan fingerprint density at radius 2 is 0.948 bits per heavy atom. The van der Waals surface area contributed by atoms with Crippen LogP contribution in [0.25, 0.3) is 22.1 Å². The zero-order chi connectivity index (χ0) is 68.0. The molecule has 8 atom stereocenters. The second-order valence-electron chi connectivity index (χ2n) is 31.0. The van der Waals surface area contributed by atoms with Gasteiger partial charge in [-0.15, -0.1) is 0 Å². The number of rotatable bonds is 21. The summed E-state index contributed by atoms with van der Waals surface area (Å²) in [6.45, 7) is 27.8. The third kappa shape index (κ3) is 17.1. The van der Waals surface area contributed by atoms with Gasteiger partial charge in [0.2, 0.25) is 0 Å². The number of fused-ring (bicyclic) bond motifs is 6. The molecule has 520 valence electrons. The van der Waals surface area contributed by atoms with Crippen LogP contribution in [0.1, 0.15) is 134 Å². The number of hydrogen-bond donors (Lipinski definition) is 1. The summed E-state index contributed by atoms with van der Waals surface area (Å²) in [7, 11) is 5.51. The standard InChI is InChI=1S/C39H54N6O2Si.C32H41BrN4O2Si.C7H14N2/c1-28-10-9-21-40-37(28)34-12-8-14-36(43(34)24-29-15-19-32(46-3)20-16-29)39-41-33-11-7-13-35(45-30-17-18-31(45)26-42(2)25-30)38(33)44(39)27-47-22-23-48(4,5)6;1-23-9-8-18-34-30(23)28-12-7-13-29(36(28)21-24-14-16-25(38-2)17-15-24)32-35-27-11-6-10-26(33)31(27)37(32)22-39-19-20-40(3,4)5;1-9-4-6-2-3-7(5-9)8-6/h7,9-11,13,15-16,19-21,30-31,34,36H,8,12,14,17-18,22-27H2,1-6H3;6,8-11,14-18,28-29H,7,12-13,19-22H2,1-5H3;6-8H,2-5H2,1H3/t30?,31?,34-,36+;28-,29+;/m00./s1. The molecule has 4 bridgehead atoms. The van der Waals surface area contributed by atoms with Crippen LogP contribution in [0.2, 0.25) is 51.4 Å². The Labute approximate surface area is 589 Å². The maximum atomic E-state index is 6.62. The minimum absolute atomic E-state index is 0.123. The molecule has 8 aromatic rings. The van der Waals surface area contributed by atoms with Crippen molar-refractivity contribution in [3.8, 4) is 11.5 Å². The number of hydrogen-bond acceptors (Lipinski definition) is 14. The zero-order valence-corrected chi connectivity index (χ0v) is 63.7. The lowest BCUT2D eigenvalue weighted by Gasteiger charge is -2.42. The van der Waals surface area contributed by atoms with Gasteiger partial charge in [-0.1, -0.05) is 87.8 Å². The molecule has 4 unspecified atom stereocenters. The van der Waals surface area contributed by atoms with Gasteiger partial charge in [-0.2, -0.15) is 0 Å². The Morgan fingerprint density at radius 1 is 0.505 bits per heavy atom. The Balaban J connectivity index is 0.000000165. The normalized spacial score (nSPS) is 23.3. The molecule has 6 aliphatic heterocycles. The Morgan fingerprint density at radius 3 is 1.41 bits per heavy atom. The summed E-state index contributed by atoms with van der Waals surface area (Å²) in [6, 6.07) is 44.2. The van der Waals surface area contributed by atoms with Crippen LogP contribution in [0.15, 0.2) is 126 Å². The number of aromatic nitrogens is 6. The summed E-state index contributed by atoms with van der Waals surface area (Å²) in [4.78, 5) is 33.7. The number of aryl methyl sites for hydroxylation is 2. The van der Waals surface area contributed by atoms with Crippen LogP contribution in [-0.2, 0) is 36.0 Å². The summed E-state index contributed by atoms with van der Waals surface area (Å²) in [6.07, 6.45) is 15.7. The largest absolute Gasteiger partial charge is 0.497 e. The molecule has 0 saturated carbocycles. The van der Waals surface area contributed by atoms with Crippen LogP contribution in [0.5, 0.6) is 11.5 Å². The Kier molecular flexibility index (Phi) is 23.3. The van der Waals surface area contributed by atoms with E-state index in [0.29, 0.717) is 25.5 Å². The summed E-state index contributed by atoms with van der Waals surface area (Å²) in [5, 5.41) is 3.58. The first-order chi connectivity index (χ1) is 46.8. The number of piperazine rings is 2. The van der Waals surface area contributed by atoms with Gasteiger partial charge in [0.1, 0.15) is 36.6 Å². The number of halogens is 1. The third-order valence-electron chi connectivity index (χ3n) is 21.2. The number of pyridine rings is 2. The number of likely N-dealkylation sites (N-methyl/N-ethyl adjacent to an activating group) is 2. The minimum Gasteiger partial charge on any atom is -0.497 e. The van der Waals surface area contributed by atoms with Crippen molar-refractivity contribution in [1.29, 1.82) is 0 Å². The summed E-state index contributed by atoms with van der Waals surface area (Å²) < 4.78 is 29.7. The monoisotopic (exact) mass is 1410 g/mol. The molecule has 97 heavy (non-hydrogen) atoms. The molecule has 1 N–H and O–H groups in total. The van der Waals surface area contributed by atoms with Gasteiger partial charge >= 0.3 is 0 Å². The van der Waals surface area contributed by atoms with Gasteiger partial charge < -0.3 is 48.1 Å². The molecule has 14 rings (SSSR count). The summed E-state index contributed by atoms with van der Waals surface area (Å²) in [5.74, 6) is 3.95. The number of imidazole rings is 2. The van der Waals surface area contributed by atoms with E-state index in [4.69, 9.17) is 38.9 Å². The van der Waals surface area contributed by atoms with E-state index in [1.165, 1.54) is 77.9 Å². The number of para-hydroxylation sites is 2. The zero-order valence-electron chi connectivity index (χ0n) is 60.2. The molecule has 6 aliphatic rings. The van der Waals surface area contributed by atoms with E-state index < -0.39 is 16.1 Å². The van der Waals surface area contributed by atoms with Gasteiger partial charge in [0.25, 0.3) is 0 Å². The molecule has 0 radical (unpaired) electrons. The molecule has 19 heteroatoms. The van der Waals surface area contributed by atoms with Gasteiger partial charge in [0.15, 0.2) is 0 Å². The summed E-state index contributed by atoms with van der Waals surface area (Å²) >= 11 is 3.82. The smallest absolute Gasteiger partial charge is 0.129 e. The predicted octanol–water partition coefficient (Wildman–Crippen LogP) is 16.2. The van der Waals surface area contributed by atoms with Crippen LogP contribution < -0.4 is 19.7 Å². The van der Waals surface area contributed by atoms with Crippen molar-refractivity contribution in [1.82, 2.24) is 54.0 Å². The first-order valence-corrected chi connectivity index (χ1v) is 44.3. The van der Waals surface area contributed by atoms with Crippen molar-refractivity contribution in [2.45, 2.75) is 204 Å². The molecule has 6 fully saturated rings. The number of benzene rings is 4. The fourth-order valence-electron chi connectivity index (χ4n) is 16.2. The first kappa shape index (κ1) is 71.0. The number of ether oxygens (including phenoxy) is 4. The highest BCUT2D eigenvalue weighted by Gasteiger charge is 2.43. The number of nitrogens with zero attached hydrogens (tertiary/aromatic N) is 11. The molecule has 0 aliphatic carbocycles. The van der Waals surface area contributed by atoms with Crippen molar-refractivity contribution < 1.29 is 18.9 Å².